The van der Waals surface area contributed by atoms with E-state index in [0.29, 0.717) is 5.56 Å². The number of hydrogen-bond donors (Lipinski definition) is 1. The second kappa shape index (κ2) is 4.98. The van der Waals surface area contributed by atoms with Crippen molar-refractivity contribution in [1.29, 1.82) is 0 Å². The molecule has 0 bridgehead atoms. The first-order chi connectivity index (χ1) is 8.97. The largest absolute Gasteiger partial charge is 0.364 e. The summed E-state index contributed by atoms with van der Waals surface area (Å²) in [6.45, 7) is 0.0459. The van der Waals surface area contributed by atoms with E-state index in [0.717, 1.165) is 16.0 Å². The standard InChI is InChI=1S/C10H8N4O4S/c11-10(16)7-1-2-8(15)13(12-7)4-6-3-9(14(17)18)19-5-6/h1-3,5H,4H2,(H2,11,16). The lowest BCUT2D eigenvalue weighted by Crippen LogP contribution is -2.26. The van der Waals surface area contributed by atoms with Gasteiger partial charge in [-0.05, 0) is 11.6 Å². The highest BCUT2D eigenvalue weighted by molar-refractivity contribution is 7.13. The van der Waals surface area contributed by atoms with Gasteiger partial charge in [-0.25, -0.2) is 4.68 Å². The van der Waals surface area contributed by atoms with Gasteiger partial charge in [-0.15, -0.1) is 0 Å². The van der Waals surface area contributed by atoms with Crippen molar-refractivity contribution in [3.63, 3.8) is 0 Å². The molecule has 98 valence electrons. The van der Waals surface area contributed by atoms with Crippen LogP contribution < -0.4 is 11.3 Å². The molecule has 0 aromatic carbocycles. The Morgan fingerprint density at radius 2 is 2.26 bits per heavy atom. The second-order valence-corrected chi connectivity index (χ2v) is 4.52. The summed E-state index contributed by atoms with van der Waals surface area (Å²) in [5.41, 5.74) is 5.17. The minimum Gasteiger partial charge on any atom is -0.364 e. The number of primary amides is 1. The summed E-state index contributed by atoms with van der Waals surface area (Å²) in [4.78, 5) is 32.6. The Bertz CT molecular complexity index is 706. The molecule has 0 atom stereocenters. The SMILES string of the molecule is NC(=O)c1ccc(=O)n(Cc2csc([N+](=O)[O-])c2)n1. The van der Waals surface area contributed by atoms with Crippen LogP contribution in [0.1, 0.15) is 16.1 Å². The first-order valence-corrected chi connectivity index (χ1v) is 5.95. The highest BCUT2D eigenvalue weighted by Gasteiger charge is 2.11. The van der Waals surface area contributed by atoms with Gasteiger partial charge in [-0.1, -0.05) is 11.3 Å². The predicted octanol–water partition coefficient (Wildman–Crippen LogP) is 0.360. The third-order valence-electron chi connectivity index (χ3n) is 2.27. The fourth-order valence-electron chi connectivity index (χ4n) is 1.41. The fourth-order valence-corrected chi connectivity index (χ4v) is 2.13. The minimum atomic E-state index is -0.745. The smallest absolute Gasteiger partial charge is 0.324 e. The van der Waals surface area contributed by atoms with Crippen molar-refractivity contribution in [2.45, 2.75) is 6.54 Å². The van der Waals surface area contributed by atoms with Gasteiger partial charge in [-0.3, -0.25) is 19.7 Å². The maximum Gasteiger partial charge on any atom is 0.324 e. The molecular formula is C10H8N4O4S. The molecule has 2 aromatic rings. The molecule has 0 aliphatic carbocycles. The Kier molecular flexibility index (Phi) is 3.38. The van der Waals surface area contributed by atoms with Gasteiger partial charge in [0.15, 0.2) is 0 Å². The molecule has 1 amide bonds. The van der Waals surface area contributed by atoms with Crippen LogP contribution in [0.25, 0.3) is 0 Å². The summed E-state index contributed by atoms with van der Waals surface area (Å²) in [5.74, 6) is -0.745. The third kappa shape index (κ3) is 2.83. The van der Waals surface area contributed by atoms with Crippen molar-refractivity contribution in [1.82, 2.24) is 9.78 Å². The molecule has 0 aliphatic rings. The van der Waals surface area contributed by atoms with Crippen molar-refractivity contribution in [3.05, 3.63) is 55.3 Å². The predicted molar refractivity (Wildman–Crippen MR) is 67.1 cm³/mol. The van der Waals surface area contributed by atoms with E-state index >= 15 is 0 Å². The number of nitrogens with zero attached hydrogens (tertiary/aromatic N) is 3. The number of nitro groups is 1. The lowest BCUT2D eigenvalue weighted by atomic mass is 10.3. The van der Waals surface area contributed by atoms with Crippen molar-refractivity contribution >= 4 is 22.2 Å². The lowest BCUT2D eigenvalue weighted by Gasteiger charge is -2.03. The topological polar surface area (TPSA) is 121 Å². The van der Waals surface area contributed by atoms with E-state index in [1.165, 1.54) is 18.2 Å². The van der Waals surface area contributed by atoms with E-state index in [1.54, 1.807) is 5.38 Å². The van der Waals surface area contributed by atoms with Crippen molar-refractivity contribution in [2.75, 3.05) is 0 Å². The number of nitrogens with two attached hydrogens (primary N) is 1. The summed E-state index contributed by atoms with van der Waals surface area (Å²) in [6, 6.07) is 3.76. The van der Waals surface area contributed by atoms with Crippen LogP contribution in [0.15, 0.2) is 28.4 Å². The molecule has 2 heterocycles. The average molecular weight is 280 g/mol. The van der Waals surface area contributed by atoms with E-state index in [-0.39, 0.29) is 17.2 Å². The zero-order chi connectivity index (χ0) is 14.0. The fraction of sp³-hybridized carbons (Fsp3) is 0.100. The van der Waals surface area contributed by atoms with Crippen LogP contribution in [-0.2, 0) is 6.54 Å². The van der Waals surface area contributed by atoms with Crippen LogP contribution in [0.2, 0.25) is 0 Å². The van der Waals surface area contributed by atoms with Crippen LogP contribution in [0, 0.1) is 10.1 Å². The van der Waals surface area contributed by atoms with Crippen LogP contribution in [-0.4, -0.2) is 20.6 Å². The third-order valence-corrected chi connectivity index (χ3v) is 3.20. The zero-order valence-corrected chi connectivity index (χ0v) is 10.3. The Morgan fingerprint density at radius 3 is 2.84 bits per heavy atom. The lowest BCUT2D eigenvalue weighted by molar-refractivity contribution is -0.380. The van der Waals surface area contributed by atoms with E-state index < -0.39 is 16.4 Å². The van der Waals surface area contributed by atoms with Gasteiger partial charge in [0, 0.05) is 17.5 Å². The maximum absolute atomic E-state index is 11.6. The van der Waals surface area contributed by atoms with Crippen LogP contribution in [0.3, 0.4) is 0 Å². The highest BCUT2D eigenvalue weighted by atomic mass is 32.1. The Morgan fingerprint density at radius 1 is 1.53 bits per heavy atom. The number of hydrogen-bond acceptors (Lipinski definition) is 6. The molecule has 0 fully saturated rings. The molecule has 0 unspecified atom stereocenters. The first kappa shape index (κ1) is 12.9. The number of aromatic nitrogens is 2. The van der Waals surface area contributed by atoms with Gasteiger partial charge in [0.2, 0.25) is 0 Å². The minimum absolute atomic E-state index is 0.0193. The van der Waals surface area contributed by atoms with Crippen molar-refractivity contribution < 1.29 is 9.72 Å². The van der Waals surface area contributed by atoms with Gasteiger partial charge >= 0.3 is 5.00 Å². The Hall–Kier alpha value is -2.55. The highest BCUT2D eigenvalue weighted by Crippen LogP contribution is 2.22. The van der Waals surface area contributed by atoms with E-state index in [4.69, 9.17) is 5.73 Å². The van der Waals surface area contributed by atoms with E-state index in [9.17, 15) is 19.7 Å². The van der Waals surface area contributed by atoms with E-state index in [1.807, 2.05) is 0 Å². The molecule has 8 nitrogen and oxygen atoms in total. The molecule has 9 heteroatoms. The summed E-state index contributed by atoms with van der Waals surface area (Å²) >= 11 is 0.959. The van der Waals surface area contributed by atoms with Gasteiger partial charge in [-0.2, -0.15) is 5.10 Å². The van der Waals surface area contributed by atoms with Crippen LogP contribution >= 0.6 is 11.3 Å². The number of thiophene rings is 1. The van der Waals surface area contributed by atoms with Crippen molar-refractivity contribution in [2.24, 2.45) is 5.73 Å². The van der Waals surface area contributed by atoms with Gasteiger partial charge < -0.3 is 5.73 Å². The molecule has 2 rings (SSSR count). The van der Waals surface area contributed by atoms with Crippen LogP contribution in [0.5, 0.6) is 0 Å². The number of carbonyl (C=O) groups excluding carboxylic acids is 1. The molecule has 2 aromatic heterocycles. The monoisotopic (exact) mass is 280 g/mol. The molecule has 0 spiro atoms. The van der Waals surface area contributed by atoms with Gasteiger partial charge in [0.05, 0.1) is 11.5 Å². The Balaban J connectivity index is 2.31. The molecule has 0 radical (unpaired) electrons. The Labute approximate surface area is 110 Å². The molecular weight excluding hydrogens is 272 g/mol. The summed E-state index contributed by atoms with van der Waals surface area (Å²) in [6.07, 6.45) is 0. The molecule has 0 saturated heterocycles. The van der Waals surface area contributed by atoms with E-state index in [2.05, 4.69) is 5.10 Å². The number of carbonyl (C=O) groups is 1. The van der Waals surface area contributed by atoms with Gasteiger partial charge in [0.1, 0.15) is 5.69 Å². The first-order valence-electron chi connectivity index (χ1n) is 5.07. The molecule has 0 aliphatic heterocycles. The quantitative estimate of drug-likeness (QED) is 0.640. The summed E-state index contributed by atoms with van der Waals surface area (Å²) in [7, 11) is 0. The zero-order valence-electron chi connectivity index (χ0n) is 9.48. The molecule has 2 N–H and O–H groups in total. The summed E-state index contributed by atoms with van der Waals surface area (Å²) in [5, 5.41) is 15.9. The summed E-state index contributed by atoms with van der Waals surface area (Å²) < 4.78 is 1.03. The second-order valence-electron chi connectivity index (χ2n) is 3.63. The van der Waals surface area contributed by atoms with Crippen molar-refractivity contribution in [3.8, 4) is 0 Å². The van der Waals surface area contributed by atoms with Crippen LogP contribution in [0.4, 0.5) is 5.00 Å². The average Bonchev–Trinajstić information content (AvgIpc) is 2.80. The maximum atomic E-state index is 11.6. The normalized spacial score (nSPS) is 10.3. The van der Waals surface area contributed by atoms with Gasteiger partial charge in [0.25, 0.3) is 11.5 Å². The molecule has 0 saturated carbocycles. The number of amides is 1. The number of rotatable bonds is 4. The molecule has 19 heavy (non-hydrogen) atoms.